The van der Waals surface area contributed by atoms with Crippen molar-refractivity contribution < 1.29 is 14.6 Å². The largest absolute Gasteiger partial charge is 0.508 e. The summed E-state index contributed by atoms with van der Waals surface area (Å²) in [5.41, 5.74) is 1.05. The van der Waals surface area contributed by atoms with Crippen molar-refractivity contribution in [1.29, 1.82) is 0 Å². The van der Waals surface area contributed by atoms with Crippen molar-refractivity contribution in [2.75, 3.05) is 0 Å². The Morgan fingerprint density at radius 1 is 1.19 bits per heavy atom. The van der Waals surface area contributed by atoms with E-state index >= 15 is 0 Å². The lowest BCUT2D eigenvalue weighted by Crippen LogP contribution is -2.21. The van der Waals surface area contributed by atoms with Crippen LogP contribution in [0.4, 0.5) is 0 Å². The van der Waals surface area contributed by atoms with Crippen LogP contribution in [-0.4, -0.2) is 17.0 Å². The van der Waals surface area contributed by atoms with Crippen molar-refractivity contribution in [3.63, 3.8) is 0 Å². The molecule has 0 aromatic heterocycles. The molecule has 1 N–H and O–H groups in total. The van der Waals surface area contributed by atoms with Gasteiger partial charge in [0.15, 0.2) is 0 Å². The van der Waals surface area contributed by atoms with Gasteiger partial charge in [-0.15, -0.1) is 0 Å². The Hall–Kier alpha value is -1.35. The molecule has 2 rings (SSSR count). The summed E-state index contributed by atoms with van der Waals surface area (Å²) in [6, 6.07) is 7.01. The highest BCUT2D eigenvalue weighted by atomic mass is 16.5. The van der Waals surface area contributed by atoms with Gasteiger partial charge in [-0.25, -0.2) is 0 Å². The smallest absolute Gasteiger partial charge is 0.133 e. The Kier molecular flexibility index (Phi) is 3.57. The lowest BCUT2D eigenvalue weighted by atomic mass is 9.96. The summed E-state index contributed by atoms with van der Waals surface area (Å²) in [4.78, 5) is 11.0. The van der Waals surface area contributed by atoms with Gasteiger partial charge in [0.2, 0.25) is 0 Å². The molecule has 0 heterocycles. The molecule has 0 atom stereocenters. The van der Waals surface area contributed by atoms with E-state index in [0.29, 0.717) is 25.2 Å². The lowest BCUT2D eigenvalue weighted by molar-refractivity contribution is -0.123. The van der Waals surface area contributed by atoms with Gasteiger partial charge in [0.05, 0.1) is 12.7 Å². The van der Waals surface area contributed by atoms with Gasteiger partial charge in [-0.05, 0) is 30.5 Å². The topological polar surface area (TPSA) is 46.5 Å². The molecule has 0 radical (unpaired) electrons. The summed E-state index contributed by atoms with van der Waals surface area (Å²) < 4.78 is 5.72. The molecule has 1 saturated carbocycles. The van der Waals surface area contributed by atoms with Crippen molar-refractivity contribution in [2.45, 2.75) is 38.4 Å². The summed E-state index contributed by atoms with van der Waals surface area (Å²) in [7, 11) is 0. The highest BCUT2D eigenvalue weighted by Crippen LogP contribution is 2.19. The zero-order chi connectivity index (χ0) is 11.4. The first kappa shape index (κ1) is 11.1. The Bertz CT molecular complexity index is 346. The van der Waals surface area contributed by atoms with Crippen LogP contribution in [0.3, 0.4) is 0 Å². The minimum absolute atomic E-state index is 0.214. The summed E-state index contributed by atoms with van der Waals surface area (Å²) >= 11 is 0. The molecule has 0 unspecified atom stereocenters. The molecule has 0 spiro atoms. The Morgan fingerprint density at radius 3 is 2.44 bits per heavy atom. The van der Waals surface area contributed by atoms with Gasteiger partial charge < -0.3 is 9.84 Å². The summed E-state index contributed by atoms with van der Waals surface area (Å²) in [5.74, 6) is 0.622. The third-order valence-corrected chi connectivity index (χ3v) is 2.91. The summed E-state index contributed by atoms with van der Waals surface area (Å²) in [5, 5.41) is 9.12. The van der Waals surface area contributed by atoms with Gasteiger partial charge in [0.1, 0.15) is 11.5 Å². The molecule has 86 valence electrons. The number of hydrogen-bond donors (Lipinski definition) is 1. The quantitative estimate of drug-likeness (QED) is 0.850. The molecule has 0 bridgehead atoms. The third-order valence-electron chi connectivity index (χ3n) is 2.91. The summed E-state index contributed by atoms with van der Waals surface area (Å²) in [6.07, 6.45) is 3.21. The number of ether oxygens (including phenoxy) is 1. The van der Waals surface area contributed by atoms with Crippen molar-refractivity contribution in [2.24, 2.45) is 0 Å². The van der Waals surface area contributed by atoms with Gasteiger partial charge in [-0.2, -0.15) is 0 Å². The van der Waals surface area contributed by atoms with Crippen LogP contribution >= 0.6 is 0 Å². The predicted octanol–water partition coefficient (Wildman–Crippen LogP) is 2.42. The molecule has 3 nitrogen and oxygen atoms in total. The van der Waals surface area contributed by atoms with Gasteiger partial charge >= 0.3 is 0 Å². The molecule has 3 heteroatoms. The van der Waals surface area contributed by atoms with Crippen molar-refractivity contribution in [3.05, 3.63) is 29.8 Å². The van der Waals surface area contributed by atoms with Crippen LogP contribution in [0.2, 0.25) is 0 Å². The molecule has 1 aromatic rings. The Balaban J connectivity index is 1.79. The maximum Gasteiger partial charge on any atom is 0.133 e. The number of Topliss-reactive ketones (excluding diaryl/α,β-unsaturated/α-hetero) is 1. The van der Waals surface area contributed by atoms with E-state index in [9.17, 15) is 4.79 Å². The fourth-order valence-corrected chi connectivity index (χ4v) is 1.89. The number of phenols is 1. The molecule has 16 heavy (non-hydrogen) atoms. The molecule has 1 fully saturated rings. The average molecular weight is 220 g/mol. The predicted molar refractivity (Wildman–Crippen MR) is 60.2 cm³/mol. The monoisotopic (exact) mass is 220 g/mol. The van der Waals surface area contributed by atoms with E-state index in [-0.39, 0.29) is 11.9 Å². The second kappa shape index (κ2) is 5.12. The van der Waals surface area contributed by atoms with Crippen molar-refractivity contribution in [3.8, 4) is 5.75 Å². The number of rotatable bonds is 3. The minimum Gasteiger partial charge on any atom is -0.508 e. The van der Waals surface area contributed by atoms with E-state index in [4.69, 9.17) is 9.84 Å². The van der Waals surface area contributed by atoms with Crippen LogP contribution in [-0.2, 0) is 16.1 Å². The Morgan fingerprint density at radius 2 is 1.81 bits per heavy atom. The van der Waals surface area contributed by atoms with Gasteiger partial charge in [0, 0.05) is 12.8 Å². The fraction of sp³-hybridized carbons (Fsp3) is 0.462. The van der Waals surface area contributed by atoms with Gasteiger partial charge in [-0.1, -0.05) is 12.1 Å². The SMILES string of the molecule is O=C1CCC(OCc2ccc(O)cc2)CC1. The number of aromatic hydroxyl groups is 1. The molecule has 1 aromatic carbocycles. The maximum atomic E-state index is 11.0. The Labute approximate surface area is 95.0 Å². The van der Waals surface area contributed by atoms with Gasteiger partial charge in [-0.3, -0.25) is 4.79 Å². The van der Waals surface area contributed by atoms with Crippen molar-refractivity contribution >= 4 is 5.78 Å². The van der Waals surface area contributed by atoms with Crippen LogP contribution < -0.4 is 0 Å². The molecular formula is C13H16O3. The van der Waals surface area contributed by atoms with Crippen LogP contribution in [0.25, 0.3) is 0 Å². The zero-order valence-corrected chi connectivity index (χ0v) is 9.19. The highest BCUT2D eigenvalue weighted by Gasteiger charge is 2.18. The van der Waals surface area contributed by atoms with Crippen molar-refractivity contribution in [1.82, 2.24) is 0 Å². The lowest BCUT2D eigenvalue weighted by Gasteiger charge is -2.21. The molecule has 0 saturated heterocycles. The highest BCUT2D eigenvalue weighted by molar-refractivity contribution is 5.79. The van der Waals surface area contributed by atoms with E-state index < -0.39 is 0 Å². The van der Waals surface area contributed by atoms with E-state index in [1.807, 2.05) is 12.1 Å². The number of carbonyl (C=O) groups is 1. The average Bonchev–Trinajstić information content (AvgIpc) is 2.30. The first-order valence-electron chi connectivity index (χ1n) is 5.65. The normalized spacial score (nSPS) is 17.6. The standard InChI is InChI=1S/C13H16O3/c14-11-3-1-10(2-4-11)9-16-13-7-5-12(15)6-8-13/h1-4,13-14H,5-9H2. The molecule has 0 aliphatic heterocycles. The number of phenolic OH excluding ortho intramolecular Hbond substituents is 1. The molecule has 1 aliphatic rings. The van der Waals surface area contributed by atoms with Gasteiger partial charge in [0.25, 0.3) is 0 Å². The van der Waals surface area contributed by atoms with E-state index in [1.165, 1.54) is 0 Å². The number of hydrogen-bond acceptors (Lipinski definition) is 3. The molecule has 1 aliphatic carbocycles. The number of ketones is 1. The molecule has 0 amide bonds. The second-order valence-electron chi connectivity index (χ2n) is 4.22. The fourth-order valence-electron chi connectivity index (χ4n) is 1.89. The van der Waals surface area contributed by atoms with E-state index in [2.05, 4.69) is 0 Å². The number of benzene rings is 1. The van der Waals surface area contributed by atoms with E-state index in [1.54, 1.807) is 12.1 Å². The first-order chi connectivity index (χ1) is 7.74. The minimum atomic E-state index is 0.214. The summed E-state index contributed by atoms with van der Waals surface area (Å²) in [6.45, 7) is 0.555. The van der Waals surface area contributed by atoms with Crippen LogP contribution in [0, 0.1) is 0 Å². The van der Waals surface area contributed by atoms with Crippen LogP contribution in [0.1, 0.15) is 31.2 Å². The van der Waals surface area contributed by atoms with Crippen LogP contribution in [0.5, 0.6) is 5.75 Å². The number of carbonyl (C=O) groups excluding carboxylic acids is 1. The molecular weight excluding hydrogens is 204 g/mol. The maximum absolute atomic E-state index is 11.0. The third kappa shape index (κ3) is 3.07. The zero-order valence-electron chi connectivity index (χ0n) is 9.19. The van der Waals surface area contributed by atoms with E-state index in [0.717, 1.165) is 18.4 Å². The van der Waals surface area contributed by atoms with Crippen LogP contribution in [0.15, 0.2) is 24.3 Å². The first-order valence-corrected chi connectivity index (χ1v) is 5.65. The second-order valence-corrected chi connectivity index (χ2v) is 4.22.